The van der Waals surface area contributed by atoms with Crippen molar-refractivity contribution in [1.29, 1.82) is 0 Å². The molecule has 0 aliphatic rings. The van der Waals surface area contributed by atoms with Gasteiger partial charge in [0, 0.05) is 0 Å². The Hall–Kier alpha value is 0.728. The second kappa shape index (κ2) is 11.2. The zero-order valence-electron chi connectivity index (χ0n) is 9.53. The van der Waals surface area contributed by atoms with E-state index in [1.54, 1.807) is 32.1 Å². The van der Waals surface area contributed by atoms with Crippen LogP contribution in [0.1, 0.15) is 46.0 Å². The van der Waals surface area contributed by atoms with Gasteiger partial charge < -0.3 is 0 Å². The summed E-state index contributed by atoms with van der Waals surface area (Å²) in [4.78, 5) is 0. The molecule has 0 N–H and O–H groups in total. The van der Waals surface area contributed by atoms with Gasteiger partial charge in [-0.05, 0) is 0 Å². The van der Waals surface area contributed by atoms with E-state index in [1.165, 1.54) is 32.1 Å². The molecule has 0 bridgehead atoms. The van der Waals surface area contributed by atoms with Crippen molar-refractivity contribution >= 4 is 29.3 Å². The van der Waals surface area contributed by atoms with Crippen LogP contribution in [-0.4, -0.2) is 21.8 Å². The fourth-order valence-corrected chi connectivity index (χ4v) is 2.71. The topological polar surface area (TPSA) is 12.5 Å². The maximum absolute atomic E-state index is 5.16. The first-order valence-electron chi connectivity index (χ1n) is 5.50. The van der Waals surface area contributed by atoms with E-state index in [9.17, 15) is 0 Å². The first-order chi connectivity index (χ1) is 7.26. The van der Waals surface area contributed by atoms with Crippen molar-refractivity contribution in [3.63, 3.8) is 0 Å². The fraction of sp³-hybridized carbons (Fsp3) is 0.900. The van der Waals surface area contributed by atoms with Crippen LogP contribution in [0, 0.1) is 0 Å². The molecule has 0 aromatic heterocycles. The van der Waals surface area contributed by atoms with Crippen LogP contribution >= 0.6 is 24.2 Å². The quantitative estimate of drug-likeness (QED) is 0.291. The number of thiocarbonyl (C=S) groups is 1. The van der Waals surface area contributed by atoms with Crippen molar-refractivity contribution < 1.29 is 23.6 Å². The summed E-state index contributed by atoms with van der Waals surface area (Å²) in [5.74, 6) is 1.13. The molecular formula is C10H20MoNOS2. The molecule has 89 valence electrons. The van der Waals surface area contributed by atoms with Gasteiger partial charge in [0.05, 0.1) is 0 Å². The van der Waals surface area contributed by atoms with Crippen molar-refractivity contribution in [2.24, 2.45) is 0 Å². The number of hydrogen-bond acceptors (Lipinski definition) is 3. The van der Waals surface area contributed by atoms with Gasteiger partial charge in [-0.2, -0.15) is 0 Å². The second-order valence-corrected chi connectivity index (χ2v) is 5.21. The molecule has 0 heterocycles. The Bertz CT molecular complexity index is 160. The van der Waals surface area contributed by atoms with Gasteiger partial charge in [-0.15, -0.1) is 0 Å². The SMILES string of the molecule is CCCCCN(SCCCC)C(=S)[O][Mo]. The van der Waals surface area contributed by atoms with Crippen LogP contribution in [0.15, 0.2) is 0 Å². The number of nitrogens with zero attached hydrogens (tertiary/aromatic N) is 1. The predicted molar refractivity (Wildman–Crippen MR) is 67.3 cm³/mol. The van der Waals surface area contributed by atoms with Crippen molar-refractivity contribution in [3.05, 3.63) is 0 Å². The van der Waals surface area contributed by atoms with Crippen LogP contribution in [0.2, 0.25) is 0 Å². The van der Waals surface area contributed by atoms with Gasteiger partial charge in [-0.1, -0.05) is 0 Å². The molecule has 0 fully saturated rings. The van der Waals surface area contributed by atoms with Crippen molar-refractivity contribution in [2.75, 3.05) is 12.3 Å². The number of unbranched alkanes of at least 4 members (excludes halogenated alkanes) is 3. The Morgan fingerprint density at radius 1 is 1.27 bits per heavy atom. The number of rotatable bonds is 8. The summed E-state index contributed by atoms with van der Waals surface area (Å²) in [7, 11) is 0. The molecule has 0 atom stereocenters. The zero-order chi connectivity index (χ0) is 11.5. The summed E-state index contributed by atoms with van der Waals surface area (Å²) in [5.41, 5.74) is 0. The summed E-state index contributed by atoms with van der Waals surface area (Å²) >= 11 is 8.54. The van der Waals surface area contributed by atoms with Gasteiger partial charge in [-0.25, -0.2) is 0 Å². The fourth-order valence-electron chi connectivity index (χ4n) is 1.07. The van der Waals surface area contributed by atoms with Gasteiger partial charge in [0.15, 0.2) is 0 Å². The second-order valence-electron chi connectivity index (χ2n) is 3.35. The normalized spacial score (nSPS) is 10.0. The molecule has 0 spiro atoms. The Labute approximate surface area is 115 Å². The van der Waals surface area contributed by atoms with Gasteiger partial charge >= 0.3 is 115 Å². The molecule has 0 aliphatic heterocycles. The number of hydrogen-bond donors (Lipinski definition) is 0. The molecule has 15 heavy (non-hydrogen) atoms. The summed E-state index contributed by atoms with van der Waals surface area (Å²) in [6.45, 7) is 5.43. The molecule has 2 nitrogen and oxygen atoms in total. The molecule has 0 aromatic carbocycles. The molecule has 0 unspecified atom stereocenters. The minimum atomic E-state index is 0.622. The third kappa shape index (κ3) is 8.53. The summed E-state index contributed by atoms with van der Waals surface area (Å²) in [6.07, 6.45) is 6.17. The minimum absolute atomic E-state index is 0.622. The molecule has 0 rings (SSSR count). The first kappa shape index (κ1) is 15.7. The Morgan fingerprint density at radius 2 is 1.93 bits per heavy atom. The predicted octanol–water partition coefficient (Wildman–Crippen LogP) is 3.69. The standard InChI is InChI=1S/C10H21NOS2.Mo/c1-3-5-7-8-11(10(12)13)14-9-6-4-2;/h3-9H2,1-2H3,(H,12,13);/q;+1/p-1. The summed E-state index contributed by atoms with van der Waals surface area (Å²) in [5, 5.41) is 0.622. The van der Waals surface area contributed by atoms with Crippen LogP contribution in [-0.2, 0) is 23.6 Å². The third-order valence-electron chi connectivity index (χ3n) is 1.98. The molecule has 0 saturated carbocycles. The van der Waals surface area contributed by atoms with Crippen molar-refractivity contribution in [2.45, 2.75) is 46.0 Å². The van der Waals surface area contributed by atoms with Crippen LogP contribution in [0.4, 0.5) is 0 Å². The van der Waals surface area contributed by atoms with Gasteiger partial charge in [0.2, 0.25) is 0 Å². The third-order valence-corrected chi connectivity index (χ3v) is 4.20. The zero-order valence-corrected chi connectivity index (χ0v) is 13.2. The molecule has 5 heteroatoms. The van der Waals surface area contributed by atoms with E-state index in [0.717, 1.165) is 12.3 Å². The van der Waals surface area contributed by atoms with Gasteiger partial charge in [0.25, 0.3) is 0 Å². The van der Waals surface area contributed by atoms with Crippen LogP contribution < -0.4 is 0 Å². The molecule has 0 aromatic rings. The summed E-state index contributed by atoms with van der Waals surface area (Å²) < 4.78 is 7.23. The molecule has 0 saturated heterocycles. The van der Waals surface area contributed by atoms with E-state index in [-0.39, 0.29) is 0 Å². The van der Waals surface area contributed by atoms with Gasteiger partial charge in [0.1, 0.15) is 0 Å². The van der Waals surface area contributed by atoms with Crippen LogP contribution in [0.3, 0.4) is 0 Å². The Kier molecular flexibility index (Phi) is 11.8. The van der Waals surface area contributed by atoms with E-state index in [2.05, 4.69) is 18.2 Å². The van der Waals surface area contributed by atoms with E-state index in [4.69, 9.17) is 15.6 Å². The Morgan fingerprint density at radius 3 is 2.47 bits per heavy atom. The van der Waals surface area contributed by atoms with Crippen LogP contribution in [0.5, 0.6) is 0 Å². The molecule has 0 aliphatic carbocycles. The first-order valence-corrected chi connectivity index (χ1v) is 7.67. The van der Waals surface area contributed by atoms with Gasteiger partial charge in [-0.3, -0.25) is 0 Å². The van der Waals surface area contributed by atoms with Crippen molar-refractivity contribution in [3.8, 4) is 0 Å². The van der Waals surface area contributed by atoms with E-state index >= 15 is 0 Å². The molecular weight excluding hydrogens is 310 g/mol. The Balaban J connectivity index is 3.79. The van der Waals surface area contributed by atoms with E-state index < -0.39 is 0 Å². The average molecular weight is 330 g/mol. The summed E-state index contributed by atoms with van der Waals surface area (Å²) in [6, 6.07) is 0. The molecule has 0 amide bonds. The molecule has 0 radical (unpaired) electrons. The average Bonchev–Trinajstić information content (AvgIpc) is 2.26. The maximum atomic E-state index is 5.16. The van der Waals surface area contributed by atoms with E-state index in [1.807, 2.05) is 0 Å². The van der Waals surface area contributed by atoms with Crippen LogP contribution in [0.25, 0.3) is 0 Å². The van der Waals surface area contributed by atoms with E-state index in [0.29, 0.717) is 5.17 Å². The van der Waals surface area contributed by atoms with Crippen molar-refractivity contribution in [1.82, 2.24) is 4.31 Å². The monoisotopic (exact) mass is 332 g/mol.